The Morgan fingerprint density at radius 3 is 2.79 bits per heavy atom. The van der Waals surface area contributed by atoms with Gasteiger partial charge < -0.3 is 9.84 Å². The van der Waals surface area contributed by atoms with Crippen LogP contribution in [0.1, 0.15) is 31.7 Å². The first-order chi connectivity index (χ1) is 9.19. The highest BCUT2D eigenvalue weighted by molar-refractivity contribution is 5.25. The molecule has 1 saturated heterocycles. The molecule has 0 aliphatic carbocycles. The third kappa shape index (κ3) is 4.22. The lowest BCUT2D eigenvalue weighted by Gasteiger charge is -2.36. The second-order valence-corrected chi connectivity index (χ2v) is 5.55. The van der Waals surface area contributed by atoms with Crippen LogP contribution in [0.2, 0.25) is 0 Å². The van der Waals surface area contributed by atoms with Gasteiger partial charge in [-0.3, -0.25) is 4.90 Å². The highest BCUT2D eigenvalue weighted by Crippen LogP contribution is 2.18. The van der Waals surface area contributed by atoms with Gasteiger partial charge in [-0.1, -0.05) is 12.1 Å². The normalized spacial score (nSPS) is 22.3. The van der Waals surface area contributed by atoms with Gasteiger partial charge in [0, 0.05) is 19.7 Å². The van der Waals surface area contributed by atoms with Crippen molar-refractivity contribution in [3.05, 3.63) is 29.8 Å². The lowest BCUT2D eigenvalue weighted by atomic mass is 10.0. The fraction of sp³-hybridized carbons (Fsp3) is 0.625. The largest absolute Gasteiger partial charge is 0.508 e. The average molecular weight is 263 g/mol. The molecule has 1 aliphatic rings. The second kappa shape index (κ2) is 6.92. The number of hydrogen-bond donors (Lipinski definition) is 1. The van der Waals surface area contributed by atoms with Crippen LogP contribution in [-0.4, -0.2) is 42.4 Å². The minimum Gasteiger partial charge on any atom is -0.508 e. The number of methoxy groups -OCH3 is 1. The van der Waals surface area contributed by atoms with E-state index in [2.05, 4.69) is 11.8 Å². The Bertz CT molecular complexity index is 377. The van der Waals surface area contributed by atoms with Crippen molar-refractivity contribution in [3.8, 4) is 5.75 Å². The van der Waals surface area contributed by atoms with Gasteiger partial charge in [-0.25, -0.2) is 0 Å². The van der Waals surface area contributed by atoms with E-state index >= 15 is 0 Å². The number of phenolic OH excluding ortho intramolecular Hbond substituents is 1. The van der Waals surface area contributed by atoms with Crippen LogP contribution in [0.15, 0.2) is 24.3 Å². The summed E-state index contributed by atoms with van der Waals surface area (Å²) >= 11 is 0. The molecule has 1 aliphatic heterocycles. The number of aromatic hydroxyl groups is 1. The Morgan fingerprint density at radius 2 is 2.11 bits per heavy atom. The molecule has 1 fully saturated rings. The molecule has 1 heterocycles. The van der Waals surface area contributed by atoms with Crippen LogP contribution < -0.4 is 0 Å². The van der Waals surface area contributed by atoms with Crippen LogP contribution in [-0.2, 0) is 11.2 Å². The Hall–Kier alpha value is -1.06. The Kier molecular flexibility index (Phi) is 5.23. The van der Waals surface area contributed by atoms with Gasteiger partial charge >= 0.3 is 0 Å². The number of likely N-dealkylation sites (tertiary alicyclic amines) is 1. The minimum atomic E-state index is 0.343. The first kappa shape index (κ1) is 14.4. The molecular weight excluding hydrogens is 238 g/mol. The highest BCUT2D eigenvalue weighted by Gasteiger charge is 2.22. The molecule has 0 aromatic heterocycles. The van der Waals surface area contributed by atoms with E-state index in [9.17, 15) is 5.11 Å². The predicted molar refractivity (Wildman–Crippen MR) is 77.5 cm³/mol. The van der Waals surface area contributed by atoms with Gasteiger partial charge in [0.05, 0.1) is 6.10 Å². The number of benzene rings is 1. The molecule has 106 valence electrons. The molecule has 1 aromatic rings. The van der Waals surface area contributed by atoms with E-state index in [-0.39, 0.29) is 0 Å². The summed E-state index contributed by atoms with van der Waals surface area (Å²) in [5.41, 5.74) is 1.30. The summed E-state index contributed by atoms with van der Waals surface area (Å²) < 4.78 is 5.48. The quantitative estimate of drug-likeness (QED) is 0.886. The number of piperidine rings is 1. The Labute approximate surface area is 116 Å². The first-order valence-electron chi connectivity index (χ1n) is 7.24. The number of nitrogens with zero attached hydrogens (tertiary/aromatic N) is 1. The van der Waals surface area contributed by atoms with E-state index in [0.29, 0.717) is 17.9 Å². The molecule has 3 nitrogen and oxygen atoms in total. The highest BCUT2D eigenvalue weighted by atomic mass is 16.5. The average Bonchev–Trinajstić information content (AvgIpc) is 2.46. The molecular formula is C16H25NO2. The van der Waals surface area contributed by atoms with Crippen LogP contribution in [0.25, 0.3) is 0 Å². The zero-order valence-electron chi connectivity index (χ0n) is 12.0. The van der Waals surface area contributed by atoms with Gasteiger partial charge in [0.2, 0.25) is 0 Å². The molecule has 0 bridgehead atoms. The lowest BCUT2D eigenvalue weighted by molar-refractivity contribution is 0.0162. The molecule has 0 spiro atoms. The van der Waals surface area contributed by atoms with Crippen molar-refractivity contribution in [2.24, 2.45) is 0 Å². The maximum atomic E-state index is 9.27. The molecule has 2 rings (SSSR count). The molecule has 1 N–H and O–H groups in total. The molecule has 0 radical (unpaired) electrons. The van der Waals surface area contributed by atoms with Crippen molar-refractivity contribution in [2.45, 2.75) is 44.8 Å². The smallest absolute Gasteiger partial charge is 0.115 e. The SMILES string of the molecule is COC1CCCN(C(C)CCc2ccc(O)cc2)C1. The second-order valence-electron chi connectivity index (χ2n) is 5.55. The third-order valence-electron chi connectivity index (χ3n) is 4.15. The first-order valence-corrected chi connectivity index (χ1v) is 7.24. The Balaban J connectivity index is 1.80. The van der Waals surface area contributed by atoms with Crippen LogP contribution >= 0.6 is 0 Å². The van der Waals surface area contributed by atoms with Crippen LogP contribution in [0.5, 0.6) is 5.75 Å². The standard InChI is InChI=1S/C16H25NO2/c1-13(17-11-3-4-16(12-17)19-2)5-6-14-7-9-15(18)10-8-14/h7-10,13,16,18H,3-6,11-12H2,1-2H3. The number of phenols is 1. The summed E-state index contributed by atoms with van der Waals surface area (Å²) in [5.74, 6) is 0.343. The van der Waals surface area contributed by atoms with Crippen molar-refractivity contribution < 1.29 is 9.84 Å². The van der Waals surface area contributed by atoms with Crippen LogP contribution in [0.4, 0.5) is 0 Å². The minimum absolute atomic E-state index is 0.343. The number of hydrogen-bond acceptors (Lipinski definition) is 3. The topological polar surface area (TPSA) is 32.7 Å². The van der Waals surface area contributed by atoms with Gasteiger partial charge in [0.1, 0.15) is 5.75 Å². The fourth-order valence-corrected chi connectivity index (χ4v) is 2.78. The molecule has 1 aromatic carbocycles. The van der Waals surface area contributed by atoms with E-state index in [4.69, 9.17) is 4.74 Å². The van der Waals surface area contributed by atoms with Crippen molar-refractivity contribution in [1.29, 1.82) is 0 Å². The summed E-state index contributed by atoms with van der Waals surface area (Å²) in [6.07, 6.45) is 5.06. The van der Waals surface area contributed by atoms with E-state index in [1.165, 1.54) is 24.9 Å². The molecule has 0 saturated carbocycles. The molecule has 2 atom stereocenters. The van der Waals surface area contributed by atoms with Gasteiger partial charge in [-0.05, 0) is 56.8 Å². The van der Waals surface area contributed by atoms with Crippen molar-refractivity contribution in [3.63, 3.8) is 0 Å². The van der Waals surface area contributed by atoms with Crippen molar-refractivity contribution >= 4 is 0 Å². The van der Waals surface area contributed by atoms with Crippen LogP contribution in [0.3, 0.4) is 0 Å². The van der Waals surface area contributed by atoms with E-state index < -0.39 is 0 Å². The molecule has 19 heavy (non-hydrogen) atoms. The van der Waals surface area contributed by atoms with Gasteiger partial charge in [-0.2, -0.15) is 0 Å². The summed E-state index contributed by atoms with van der Waals surface area (Å²) in [4.78, 5) is 2.54. The van der Waals surface area contributed by atoms with Gasteiger partial charge in [0.25, 0.3) is 0 Å². The zero-order valence-corrected chi connectivity index (χ0v) is 12.0. The summed E-state index contributed by atoms with van der Waals surface area (Å²) in [6, 6.07) is 8.14. The van der Waals surface area contributed by atoms with E-state index in [0.717, 1.165) is 19.4 Å². The van der Waals surface area contributed by atoms with E-state index in [1.807, 2.05) is 19.2 Å². The zero-order chi connectivity index (χ0) is 13.7. The Morgan fingerprint density at radius 1 is 1.37 bits per heavy atom. The maximum Gasteiger partial charge on any atom is 0.115 e. The van der Waals surface area contributed by atoms with Gasteiger partial charge in [0.15, 0.2) is 0 Å². The molecule has 0 amide bonds. The number of aryl methyl sites for hydroxylation is 1. The molecule has 3 heteroatoms. The third-order valence-corrected chi connectivity index (χ3v) is 4.15. The lowest BCUT2D eigenvalue weighted by Crippen LogP contribution is -2.44. The predicted octanol–water partition coefficient (Wildman–Crippen LogP) is 2.82. The van der Waals surface area contributed by atoms with Crippen LogP contribution in [0, 0.1) is 0 Å². The number of rotatable bonds is 5. The number of ether oxygens (including phenoxy) is 1. The summed E-state index contributed by atoms with van der Waals surface area (Å²) in [5, 5.41) is 9.27. The maximum absolute atomic E-state index is 9.27. The summed E-state index contributed by atoms with van der Waals surface area (Å²) in [6.45, 7) is 4.56. The fourth-order valence-electron chi connectivity index (χ4n) is 2.78. The summed E-state index contributed by atoms with van der Waals surface area (Å²) in [7, 11) is 1.81. The monoisotopic (exact) mass is 263 g/mol. The molecule has 2 unspecified atom stereocenters. The van der Waals surface area contributed by atoms with E-state index in [1.54, 1.807) is 12.1 Å². The van der Waals surface area contributed by atoms with Crippen molar-refractivity contribution in [2.75, 3.05) is 20.2 Å². The van der Waals surface area contributed by atoms with Crippen molar-refractivity contribution in [1.82, 2.24) is 4.90 Å². The van der Waals surface area contributed by atoms with Gasteiger partial charge in [-0.15, -0.1) is 0 Å².